The van der Waals surface area contributed by atoms with E-state index in [1.165, 1.54) is 6.42 Å². The van der Waals surface area contributed by atoms with Crippen molar-refractivity contribution >= 4 is 17.5 Å². The van der Waals surface area contributed by atoms with Crippen molar-refractivity contribution in [2.75, 3.05) is 6.54 Å². The van der Waals surface area contributed by atoms with E-state index in [4.69, 9.17) is 17.3 Å². The van der Waals surface area contributed by atoms with Crippen molar-refractivity contribution < 1.29 is 4.79 Å². The van der Waals surface area contributed by atoms with E-state index < -0.39 is 0 Å². The number of nitrogens with one attached hydrogen (secondary N) is 1. The molecule has 0 atom stereocenters. The lowest BCUT2D eigenvalue weighted by molar-refractivity contribution is -0.122. The zero-order chi connectivity index (χ0) is 14.4. The summed E-state index contributed by atoms with van der Waals surface area (Å²) in [4.78, 5) is 12.0. The maximum absolute atomic E-state index is 12.0. The van der Waals surface area contributed by atoms with Gasteiger partial charge in [-0.2, -0.15) is 0 Å². The Morgan fingerprint density at radius 2 is 2.05 bits per heavy atom. The average Bonchev–Trinajstić information content (AvgIpc) is 2.39. The molecule has 1 fully saturated rings. The third-order valence-electron chi connectivity index (χ3n) is 3.99. The van der Waals surface area contributed by atoms with E-state index in [9.17, 15) is 4.79 Å². The topological polar surface area (TPSA) is 55.1 Å². The Morgan fingerprint density at radius 1 is 1.30 bits per heavy atom. The van der Waals surface area contributed by atoms with Gasteiger partial charge in [0, 0.05) is 23.5 Å². The fourth-order valence-electron chi connectivity index (χ4n) is 2.85. The van der Waals surface area contributed by atoms with Gasteiger partial charge in [0.1, 0.15) is 0 Å². The molecule has 0 bridgehead atoms. The second kappa shape index (κ2) is 7.09. The van der Waals surface area contributed by atoms with Gasteiger partial charge in [-0.25, -0.2) is 0 Å². The molecule has 3 nitrogen and oxygen atoms in total. The first-order valence-electron chi connectivity index (χ1n) is 7.37. The van der Waals surface area contributed by atoms with Gasteiger partial charge in [0.2, 0.25) is 5.91 Å². The van der Waals surface area contributed by atoms with E-state index in [0.717, 1.165) is 42.7 Å². The summed E-state index contributed by atoms with van der Waals surface area (Å²) in [6, 6.07) is 7.73. The van der Waals surface area contributed by atoms with Gasteiger partial charge in [-0.15, -0.1) is 0 Å². The van der Waals surface area contributed by atoms with Crippen LogP contribution in [0.3, 0.4) is 0 Å². The van der Waals surface area contributed by atoms with E-state index in [-0.39, 0.29) is 11.4 Å². The molecule has 110 valence electrons. The Balaban J connectivity index is 1.72. The Labute approximate surface area is 125 Å². The molecule has 0 heterocycles. The van der Waals surface area contributed by atoms with Crippen LogP contribution in [-0.4, -0.2) is 18.0 Å². The molecule has 0 saturated heterocycles. The highest BCUT2D eigenvalue weighted by Gasteiger charge is 2.29. The lowest BCUT2D eigenvalue weighted by Crippen LogP contribution is -2.46. The number of hydrogen-bond acceptors (Lipinski definition) is 2. The van der Waals surface area contributed by atoms with Gasteiger partial charge in [0.25, 0.3) is 0 Å². The number of halogens is 1. The highest BCUT2D eigenvalue weighted by atomic mass is 35.5. The lowest BCUT2D eigenvalue weighted by Gasteiger charge is -2.32. The molecule has 1 aromatic rings. The third-order valence-corrected chi connectivity index (χ3v) is 4.22. The van der Waals surface area contributed by atoms with Crippen LogP contribution in [0.25, 0.3) is 0 Å². The molecule has 20 heavy (non-hydrogen) atoms. The molecule has 0 aliphatic heterocycles. The molecule has 1 aromatic carbocycles. The van der Waals surface area contributed by atoms with Gasteiger partial charge >= 0.3 is 0 Å². The van der Waals surface area contributed by atoms with E-state index in [2.05, 4.69) is 5.32 Å². The number of hydrogen-bond donors (Lipinski definition) is 2. The number of rotatable bonds is 5. The van der Waals surface area contributed by atoms with Crippen molar-refractivity contribution in [3.05, 3.63) is 34.9 Å². The maximum atomic E-state index is 12.0. The number of nitrogens with two attached hydrogens (primary N) is 1. The highest BCUT2D eigenvalue weighted by Crippen LogP contribution is 2.28. The van der Waals surface area contributed by atoms with Crippen molar-refractivity contribution in [1.82, 2.24) is 5.32 Å². The average molecular weight is 295 g/mol. The summed E-state index contributed by atoms with van der Waals surface area (Å²) >= 11 is 5.93. The molecule has 4 heteroatoms. The SMILES string of the molecule is NC1(CC(=O)NCCc2cccc(Cl)c2)CCCCC1. The molecular formula is C16H23ClN2O. The van der Waals surface area contributed by atoms with Crippen molar-refractivity contribution in [2.45, 2.75) is 50.5 Å². The first kappa shape index (κ1) is 15.3. The quantitative estimate of drug-likeness (QED) is 0.877. The molecule has 0 unspecified atom stereocenters. The van der Waals surface area contributed by atoms with Gasteiger partial charge in [-0.3, -0.25) is 4.79 Å². The zero-order valence-electron chi connectivity index (χ0n) is 11.8. The second-order valence-electron chi connectivity index (χ2n) is 5.83. The molecule has 1 saturated carbocycles. The van der Waals surface area contributed by atoms with E-state index >= 15 is 0 Å². The summed E-state index contributed by atoms with van der Waals surface area (Å²) in [5, 5.41) is 3.69. The summed E-state index contributed by atoms with van der Waals surface area (Å²) in [5.74, 6) is 0.0661. The number of amides is 1. The molecule has 0 spiro atoms. The molecule has 3 N–H and O–H groups in total. The Morgan fingerprint density at radius 3 is 2.75 bits per heavy atom. The minimum atomic E-state index is -0.279. The van der Waals surface area contributed by atoms with Gasteiger partial charge in [0.05, 0.1) is 0 Å². The maximum Gasteiger partial charge on any atom is 0.221 e. The first-order valence-corrected chi connectivity index (χ1v) is 7.75. The van der Waals surface area contributed by atoms with Crippen LogP contribution in [0.5, 0.6) is 0 Å². The monoisotopic (exact) mass is 294 g/mol. The van der Waals surface area contributed by atoms with Crippen LogP contribution in [-0.2, 0) is 11.2 Å². The van der Waals surface area contributed by atoms with Crippen LogP contribution in [0, 0.1) is 0 Å². The summed E-state index contributed by atoms with van der Waals surface area (Å²) in [7, 11) is 0. The number of carbonyl (C=O) groups excluding carboxylic acids is 1. The fraction of sp³-hybridized carbons (Fsp3) is 0.562. The summed E-state index contributed by atoms with van der Waals surface area (Å²) < 4.78 is 0. The van der Waals surface area contributed by atoms with E-state index in [1.54, 1.807) is 0 Å². The van der Waals surface area contributed by atoms with Crippen LogP contribution < -0.4 is 11.1 Å². The molecule has 1 aliphatic carbocycles. The number of benzene rings is 1. The second-order valence-corrected chi connectivity index (χ2v) is 6.27. The molecular weight excluding hydrogens is 272 g/mol. The highest BCUT2D eigenvalue weighted by molar-refractivity contribution is 6.30. The molecule has 1 aliphatic rings. The minimum absolute atomic E-state index is 0.0661. The van der Waals surface area contributed by atoms with E-state index in [1.807, 2.05) is 24.3 Å². The summed E-state index contributed by atoms with van der Waals surface area (Å²) in [6.45, 7) is 0.634. The van der Waals surface area contributed by atoms with Crippen molar-refractivity contribution in [3.8, 4) is 0 Å². The van der Waals surface area contributed by atoms with E-state index in [0.29, 0.717) is 13.0 Å². The molecule has 1 amide bonds. The predicted molar refractivity (Wildman–Crippen MR) is 82.8 cm³/mol. The molecule has 0 radical (unpaired) electrons. The molecule has 0 aromatic heterocycles. The predicted octanol–water partition coefficient (Wildman–Crippen LogP) is 3.05. The summed E-state index contributed by atoms with van der Waals surface area (Å²) in [5.41, 5.74) is 7.14. The zero-order valence-corrected chi connectivity index (χ0v) is 12.6. The van der Waals surface area contributed by atoms with Gasteiger partial charge < -0.3 is 11.1 Å². The summed E-state index contributed by atoms with van der Waals surface area (Å²) in [6.07, 6.45) is 6.71. The van der Waals surface area contributed by atoms with Gasteiger partial charge in [-0.1, -0.05) is 43.0 Å². The minimum Gasteiger partial charge on any atom is -0.356 e. The normalized spacial score (nSPS) is 17.7. The van der Waals surface area contributed by atoms with Crippen LogP contribution in [0.2, 0.25) is 5.02 Å². The number of carbonyl (C=O) groups is 1. The Bertz CT molecular complexity index is 456. The van der Waals surface area contributed by atoms with Crippen LogP contribution in [0.1, 0.15) is 44.1 Å². The van der Waals surface area contributed by atoms with Crippen molar-refractivity contribution in [3.63, 3.8) is 0 Å². The largest absolute Gasteiger partial charge is 0.356 e. The van der Waals surface area contributed by atoms with Crippen LogP contribution in [0.4, 0.5) is 0 Å². The lowest BCUT2D eigenvalue weighted by atomic mass is 9.80. The van der Waals surface area contributed by atoms with Gasteiger partial charge in [-0.05, 0) is 37.0 Å². The Hall–Kier alpha value is -1.06. The fourth-order valence-corrected chi connectivity index (χ4v) is 3.07. The van der Waals surface area contributed by atoms with Crippen molar-refractivity contribution in [2.24, 2.45) is 5.73 Å². The standard InChI is InChI=1S/C16H23ClN2O/c17-14-6-4-5-13(11-14)7-10-19-15(20)12-16(18)8-2-1-3-9-16/h4-6,11H,1-3,7-10,12,18H2,(H,19,20). The van der Waals surface area contributed by atoms with Crippen LogP contribution >= 0.6 is 11.6 Å². The van der Waals surface area contributed by atoms with Gasteiger partial charge in [0.15, 0.2) is 0 Å². The third kappa shape index (κ3) is 4.80. The van der Waals surface area contributed by atoms with Crippen LogP contribution in [0.15, 0.2) is 24.3 Å². The first-order chi connectivity index (χ1) is 9.57. The Kier molecular flexibility index (Phi) is 5.44. The molecule has 2 rings (SSSR count). The van der Waals surface area contributed by atoms with Crippen molar-refractivity contribution in [1.29, 1.82) is 0 Å². The smallest absolute Gasteiger partial charge is 0.221 e.